The normalized spacial score (nSPS) is 10.4. The average Bonchev–Trinajstić information content (AvgIpc) is 3.02. The van der Waals surface area contributed by atoms with Crippen molar-refractivity contribution in [1.82, 2.24) is 19.7 Å². The highest BCUT2D eigenvalue weighted by molar-refractivity contribution is 5.71. The molecule has 0 radical (unpaired) electrons. The Hall–Kier alpha value is -3.49. The molecule has 3 N–H and O–H groups in total. The van der Waals surface area contributed by atoms with E-state index >= 15 is 0 Å². The van der Waals surface area contributed by atoms with Crippen molar-refractivity contribution in [3.8, 4) is 23.1 Å². The fourth-order valence-electron chi connectivity index (χ4n) is 2.34. The van der Waals surface area contributed by atoms with E-state index < -0.39 is 0 Å². The molecular formula is C16H18N6O3. The molecule has 0 amide bonds. The van der Waals surface area contributed by atoms with E-state index in [9.17, 15) is 0 Å². The van der Waals surface area contributed by atoms with Gasteiger partial charge in [0.1, 0.15) is 0 Å². The molecule has 0 saturated carbocycles. The van der Waals surface area contributed by atoms with Gasteiger partial charge in [-0.2, -0.15) is 9.67 Å². The number of benzene rings is 1. The van der Waals surface area contributed by atoms with E-state index in [4.69, 9.17) is 19.9 Å². The van der Waals surface area contributed by atoms with Gasteiger partial charge in [0, 0.05) is 6.20 Å². The first-order chi connectivity index (χ1) is 12.2. The van der Waals surface area contributed by atoms with Crippen LogP contribution in [-0.4, -0.2) is 41.1 Å². The number of pyridine rings is 1. The lowest BCUT2D eigenvalue weighted by molar-refractivity contribution is 0.325. The van der Waals surface area contributed by atoms with Crippen LogP contribution < -0.4 is 25.3 Å². The number of ether oxygens (including phenoxy) is 3. The summed E-state index contributed by atoms with van der Waals surface area (Å²) in [5.74, 6) is 2.56. The highest BCUT2D eigenvalue weighted by atomic mass is 16.5. The van der Waals surface area contributed by atoms with Gasteiger partial charge in [-0.25, -0.2) is 4.98 Å². The summed E-state index contributed by atoms with van der Waals surface area (Å²) < 4.78 is 17.5. The van der Waals surface area contributed by atoms with Crippen molar-refractivity contribution in [3.63, 3.8) is 0 Å². The Balaban J connectivity index is 1.96. The molecule has 130 valence electrons. The van der Waals surface area contributed by atoms with Gasteiger partial charge < -0.3 is 25.3 Å². The lowest BCUT2D eigenvalue weighted by atomic mass is 10.2. The van der Waals surface area contributed by atoms with Gasteiger partial charge in [0.15, 0.2) is 17.3 Å². The zero-order chi connectivity index (χ0) is 17.8. The number of methoxy groups -OCH3 is 3. The SMILES string of the molecule is COc1ccc(Nc2nc(N)n(-c3ccccn3)n2)c(OC)c1OC. The first-order valence-corrected chi connectivity index (χ1v) is 7.37. The minimum absolute atomic E-state index is 0.209. The van der Waals surface area contributed by atoms with Crippen LogP contribution in [0.4, 0.5) is 17.6 Å². The van der Waals surface area contributed by atoms with Gasteiger partial charge in [0.25, 0.3) is 0 Å². The van der Waals surface area contributed by atoms with Crippen LogP contribution in [0.3, 0.4) is 0 Å². The summed E-state index contributed by atoms with van der Waals surface area (Å²) in [7, 11) is 4.63. The standard InChI is InChI=1S/C16H18N6O3/c1-23-11-8-7-10(13(24-2)14(11)25-3)19-16-20-15(17)22(21-16)12-6-4-5-9-18-12/h4-9H,1-3H3,(H3,17,19,20,21). The molecule has 0 unspecified atom stereocenters. The number of nitrogens with one attached hydrogen (secondary N) is 1. The number of rotatable bonds is 6. The predicted octanol–water partition coefficient (Wildman–Crippen LogP) is 2.01. The molecule has 0 aliphatic heterocycles. The fraction of sp³-hybridized carbons (Fsp3) is 0.188. The van der Waals surface area contributed by atoms with E-state index in [1.54, 1.807) is 31.5 Å². The zero-order valence-electron chi connectivity index (χ0n) is 14.1. The van der Waals surface area contributed by atoms with E-state index in [1.807, 2.05) is 12.1 Å². The molecule has 3 aromatic rings. The average molecular weight is 342 g/mol. The molecule has 0 aliphatic carbocycles. The predicted molar refractivity (Wildman–Crippen MR) is 92.9 cm³/mol. The van der Waals surface area contributed by atoms with Gasteiger partial charge in [-0.05, 0) is 24.3 Å². The first-order valence-electron chi connectivity index (χ1n) is 7.37. The smallest absolute Gasteiger partial charge is 0.249 e. The summed E-state index contributed by atoms with van der Waals surface area (Å²) in [6.07, 6.45) is 1.65. The van der Waals surface area contributed by atoms with Crippen LogP contribution in [0.15, 0.2) is 36.5 Å². The molecule has 2 heterocycles. The monoisotopic (exact) mass is 342 g/mol. The molecule has 9 nitrogen and oxygen atoms in total. The number of hydrogen-bond donors (Lipinski definition) is 2. The molecule has 0 saturated heterocycles. The Labute approximate surface area is 144 Å². The highest BCUT2D eigenvalue weighted by Crippen LogP contribution is 2.43. The maximum Gasteiger partial charge on any atom is 0.249 e. The van der Waals surface area contributed by atoms with Crippen LogP contribution in [0.1, 0.15) is 0 Å². The molecular weight excluding hydrogens is 324 g/mol. The minimum atomic E-state index is 0.209. The molecule has 25 heavy (non-hydrogen) atoms. The van der Waals surface area contributed by atoms with E-state index in [-0.39, 0.29) is 5.95 Å². The lowest BCUT2D eigenvalue weighted by Gasteiger charge is -2.15. The molecule has 1 aromatic carbocycles. The van der Waals surface area contributed by atoms with Crippen LogP contribution in [0.25, 0.3) is 5.82 Å². The third kappa shape index (κ3) is 3.11. The van der Waals surface area contributed by atoms with Gasteiger partial charge in [0.05, 0.1) is 27.0 Å². The van der Waals surface area contributed by atoms with Gasteiger partial charge in [-0.3, -0.25) is 0 Å². The van der Waals surface area contributed by atoms with E-state index in [0.717, 1.165) is 0 Å². The van der Waals surface area contributed by atoms with Crippen molar-refractivity contribution in [2.24, 2.45) is 0 Å². The number of anilines is 3. The van der Waals surface area contributed by atoms with Crippen molar-refractivity contribution in [2.45, 2.75) is 0 Å². The minimum Gasteiger partial charge on any atom is -0.493 e. The van der Waals surface area contributed by atoms with Gasteiger partial charge in [-0.15, -0.1) is 5.10 Å². The van der Waals surface area contributed by atoms with Crippen molar-refractivity contribution in [3.05, 3.63) is 36.5 Å². The Kier molecular flexibility index (Phi) is 4.55. The largest absolute Gasteiger partial charge is 0.493 e. The molecule has 3 rings (SSSR count). The summed E-state index contributed by atoms with van der Waals surface area (Å²) in [6.45, 7) is 0. The summed E-state index contributed by atoms with van der Waals surface area (Å²) in [4.78, 5) is 8.41. The highest BCUT2D eigenvalue weighted by Gasteiger charge is 2.18. The Bertz CT molecular complexity index is 866. The van der Waals surface area contributed by atoms with E-state index in [1.165, 1.54) is 18.9 Å². The molecule has 9 heteroatoms. The van der Waals surface area contributed by atoms with Crippen molar-refractivity contribution >= 4 is 17.6 Å². The van der Waals surface area contributed by atoms with E-state index in [2.05, 4.69) is 20.4 Å². The zero-order valence-corrected chi connectivity index (χ0v) is 14.1. The number of aromatic nitrogens is 4. The maximum absolute atomic E-state index is 5.93. The van der Waals surface area contributed by atoms with Crippen molar-refractivity contribution in [1.29, 1.82) is 0 Å². The third-order valence-corrected chi connectivity index (χ3v) is 3.45. The topological polar surface area (TPSA) is 109 Å². The second-order valence-electron chi connectivity index (χ2n) is 4.90. The fourth-order valence-corrected chi connectivity index (χ4v) is 2.34. The quantitative estimate of drug-likeness (QED) is 0.700. The van der Waals surface area contributed by atoms with Crippen LogP contribution in [0.2, 0.25) is 0 Å². The summed E-state index contributed by atoms with van der Waals surface area (Å²) in [5.41, 5.74) is 6.54. The van der Waals surface area contributed by atoms with Crippen molar-refractivity contribution < 1.29 is 14.2 Å². The first kappa shape index (κ1) is 16.4. The van der Waals surface area contributed by atoms with Gasteiger partial charge in [0.2, 0.25) is 17.6 Å². The molecule has 0 spiro atoms. The van der Waals surface area contributed by atoms with Crippen molar-refractivity contribution in [2.75, 3.05) is 32.4 Å². The molecule has 0 fully saturated rings. The third-order valence-electron chi connectivity index (χ3n) is 3.45. The second-order valence-corrected chi connectivity index (χ2v) is 4.90. The molecule has 0 aliphatic rings. The van der Waals surface area contributed by atoms with Gasteiger partial charge >= 0.3 is 0 Å². The molecule has 0 atom stereocenters. The Morgan fingerprint density at radius 2 is 1.80 bits per heavy atom. The number of nitrogens with zero attached hydrogens (tertiary/aromatic N) is 4. The van der Waals surface area contributed by atoms with Crippen LogP contribution >= 0.6 is 0 Å². The molecule has 2 aromatic heterocycles. The number of hydrogen-bond acceptors (Lipinski definition) is 8. The maximum atomic E-state index is 5.93. The number of nitrogens with two attached hydrogens (primary N) is 1. The van der Waals surface area contributed by atoms with Crippen LogP contribution in [0.5, 0.6) is 17.2 Å². The Morgan fingerprint density at radius 3 is 2.44 bits per heavy atom. The van der Waals surface area contributed by atoms with E-state index in [0.29, 0.717) is 34.7 Å². The van der Waals surface area contributed by atoms with Gasteiger partial charge in [-0.1, -0.05) is 6.07 Å². The van der Waals surface area contributed by atoms with Crippen LogP contribution in [0, 0.1) is 0 Å². The Morgan fingerprint density at radius 1 is 1.00 bits per heavy atom. The summed E-state index contributed by atoms with van der Waals surface area (Å²) in [6, 6.07) is 8.96. The second kappa shape index (κ2) is 6.95. The molecule has 0 bridgehead atoms. The van der Waals surface area contributed by atoms with Crippen LogP contribution in [-0.2, 0) is 0 Å². The summed E-state index contributed by atoms with van der Waals surface area (Å²) in [5, 5.41) is 7.40. The lowest BCUT2D eigenvalue weighted by Crippen LogP contribution is -2.04. The summed E-state index contributed by atoms with van der Waals surface area (Å²) >= 11 is 0. The number of nitrogen functional groups attached to an aromatic ring is 1.